The minimum Gasteiger partial charge on any atom is -0.381 e. The molecule has 0 atom stereocenters. The molecule has 130 valence electrons. The van der Waals surface area contributed by atoms with Crippen LogP contribution >= 0.6 is 0 Å². The van der Waals surface area contributed by atoms with Gasteiger partial charge in [-0.2, -0.15) is 0 Å². The summed E-state index contributed by atoms with van der Waals surface area (Å²) < 4.78 is 18.7. The summed E-state index contributed by atoms with van der Waals surface area (Å²) in [7, 11) is 0. The Bertz CT molecular complexity index is 719. The Balaban J connectivity index is 1.67. The van der Waals surface area contributed by atoms with Gasteiger partial charge in [0, 0.05) is 31.2 Å². The predicted octanol–water partition coefficient (Wildman–Crippen LogP) is 3.70. The van der Waals surface area contributed by atoms with E-state index in [0.717, 1.165) is 24.0 Å². The molecule has 0 saturated carbocycles. The van der Waals surface area contributed by atoms with Gasteiger partial charge in [0.2, 0.25) is 5.91 Å². The molecule has 0 radical (unpaired) electrons. The number of rotatable bonds is 5. The summed E-state index contributed by atoms with van der Waals surface area (Å²) in [6.07, 6.45) is 4.96. The van der Waals surface area contributed by atoms with Gasteiger partial charge in [-0.05, 0) is 42.2 Å². The Kier molecular flexibility index (Phi) is 5.61. The van der Waals surface area contributed by atoms with Crippen molar-refractivity contribution in [2.75, 3.05) is 19.8 Å². The van der Waals surface area contributed by atoms with Gasteiger partial charge in [-0.3, -0.25) is 4.79 Å². The van der Waals surface area contributed by atoms with Crippen LogP contribution in [-0.2, 0) is 14.9 Å². The van der Waals surface area contributed by atoms with Gasteiger partial charge in [-0.1, -0.05) is 42.5 Å². The highest BCUT2D eigenvalue weighted by molar-refractivity contribution is 5.91. The number of carbonyl (C=O) groups is 1. The van der Waals surface area contributed by atoms with Crippen LogP contribution in [0.15, 0.2) is 60.7 Å². The number of hydrogen-bond donors (Lipinski definition) is 1. The van der Waals surface area contributed by atoms with Crippen LogP contribution in [0.25, 0.3) is 6.08 Å². The number of halogens is 1. The Hall–Kier alpha value is -2.46. The molecule has 1 amide bonds. The molecule has 4 heteroatoms. The number of amides is 1. The summed E-state index contributed by atoms with van der Waals surface area (Å²) in [5, 5.41) is 3.00. The number of ether oxygens (including phenoxy) is 1. The molecule has 0 aromatic heterocycles. The fraction of sp³-hybridized carbons (Fsp3) is 0.286. The molecule has 2 aromatic rings. The second kappa shape index (κ2) is 8.08. The fourth-order valence-electron chi connectivity index (χ4n) is 3.18. The van der Waals surface area contributed by atoms with E-state index in [2.05, 4.69) is 5.32 Å². The summed E-state index contributed by atoms with van der Waals surface area (Å²) in [6, 6.07) is 16.3. The van der Waals surface area contributed by atoms with Crippen LogP contribution in [0.3, 0.4) is 0 Å². The van der Waals surface area contributed by atoms with Crippen LogP contribution in [0.1, 0.15) is 24.0 Å². The zero-order valence-corrected chi connectivity index (χ0v) is 14.1. The van der Waals surface area contributed by atoms with E-state index in [-0.39, 0.29) is 17.1 Å². The molecular formula is C21H22FNO2. The molecule has 1 aliphatic rings. The van der Waals surface area contributed by atoms with E-state index in [0.29, 0.717) is 19.8 Å². The maximum Gasteiger partial charge on any atom is 0.244 e. The van der Waals surface area contributed by atoms with Gasteiger partial charge in [-0.15, -0.1) is 0 Å². The number of nitrogens with one attached hydrogen (secondary N) is 1. The maximum atomic E-state index is 13.3. The number of carbonyl (C=O) groups excluding carboxylic acids is 1. The average molecular weight is 339 g/mol. The molecule has 3 nitrogen and oxygen atoms in total. The standard InChI is InChI=1S/C21H22FNO2/c22-19-9-7-18(8-10-19)21(12-14-25-15-13-21)16-23-20(24)11-6-17-4-2-1-3-5-17/h1-11H,12-16H2,(H,23,24)/b11-6+. The van der Waals surface area contributed by atoms with Crippen molar-refractivity contribution in [3.63, 3.8) is 0 Å². The third kappa shape index (κ3) is 4.54. The predicted molar refractivity (Wildman–Crippen MR) is 96.6 cm³/mol. The first-order chi connectivity index (χ1) is 12.2. The second-order valence-electron chi connectivity index (χ2n) is 6.36. The fourth-order valence-corrected chi connectivity index (χ4v) is 3.18. The van der Waals surface area contributed by atoms with E-state index < -0.39 is 0 Å². The molecule has 1 heterocycles. The van der Waals surface area contributed by atoms with E-state index in [1.165, 1.54) is 12.1 Å². The third-order valence-corrected chi connectivity index (χ3v) is 4.73. The number of benzene rings is 2. The van der Waals surface area contributed by atoms with Crippen molar-refractivity contribution in [1.29, 1.82) is 0 Å². The highest BCUT2D eigenvalue weighted by atomic mass is 19.1. The first-order valence-electron chi connectivity index (χ1n) is 8.53. The Morgan fingerprint density at radius 1 is 1.08 bits per heavy atom. The van der Waals surface area contributed by atoms with Crippen molar-refractivity contribution in [2.45, 2.75) is 18.3 Å². The highest BCUT2D eigenvalue weighted by Crippen LogP contribution is 2.34. The van der Waals surface area contributed by atoms with Crippen molar-refractivity contribution < 1.29 is 13.9 Å². The number of hydrogen-bond acceptors (Lipinski definition) is 2. The van der Waals surface area contributed by atoms with E-state index in [9.17, 15) is 9.18 Å². The molecule has 0 aliphatic carbocycles. The molecule has 0 bridgehead atoms. The molecule has 1 aliphatic heterocycles. The lowest BCUT2D eigenvalue weighted by atomic mass is 9.74. The minimum atomic E-state index is -0.249. The lowest BCUT2D eigenvalue weighted by molar-refractivity contribution is -0.116. The molecule has 0 unspecified atom stereocenters. The largest absolute Gasteiger partial charge is 0.381 e. The molecular weight excluding hydrogens is 317 g/mol. The Morgan fingerprint density at radius 3 is 2.44 bits per heavy atom. The third-order valence-electron chi connectivity index (χ3n) is 4.73. The second-order valence-corrected chi connectivity index (χ2v) is 6.36. The van der Waals surface area contributed by atoms with Crippen LogP contribution in [0.4, 0.5) is 4.39 Å². The molecule has 25 heavy (non-hydrogen) atoms. The smallest absolute Gasteiger partial charge is 0.244 e. The molecule has 1 N–H and O–H groups in total. The molecule has 3 rings (SSSR count). The van der Waals surface area contributed by atoms with Gasteiger partial charge in [-0.25, -0.2) is 4.39 Å². The summed E-state index contributed by atoms with van der Waals surface area (Å²) >= 11 is 0. The maximum absolute atomic E-state index is 13.3. The van der Waals surface area contributed by atoms with Crippen molar-refractivity contribution in [1.82, 2.24) is 5.32 Å². The highest BCUT2D eigenvalue weighted by Gasteiger charge is 2.34. The quantitative estimate of drug-likeness (QED) is 0.844. The molecule has 2 aromatic carbocycles. The molecule has 0 spiro atoms. The Labute approximate surface area is 147 Å². The lowest BCUT2D eigenvalue weighted by Crippen LogP contribution is -2.44. The van der Waals surface area contributed by atoms with Gasteiger partial charge in [0.25, 0.3) is 0 Å². The lowest BCUT2D eigenvalue weighted by Gasteiger charge is -2.37. The van der Waals surface area contributed by atoms with Crippen molar-refractivity contribution in [3.05, 3.63) is 77.6 Å². The SMILES string of the molecule is O=C(/C=C/c1ccccc1)NCC1(c2ccc(F)cc2)CCOCC1. The summed E-state index contributed by atoms with van der Waals surface area (Å²) in [6.45, 7) is 1.81. The molecule has 1 saturated heterocycles. The van der Waals surface area contributed by atoms with E-state index in [4.69, 9.17) is 4.74 Å². The first-order valence-corrected chi connectivity index (χ1v) is 8.53. The van der Waals surface area contributed by atoms with Crippen LogP contribution < -0.4 is 5.32 Å². The van der Waals surface area contributed by atoms with Crippen LogP contribution in [0.5, 0.6) is 0 Å². The topological polar surface area (TPSA) is 38.3 Å². The normalized spacial score (nSPS) is 16.7. The first kappa shape index (κ1) is 17.4. The summed E-state index contributed by atoms with van der Waals surface area (Å²) in [5.74, 6) is -0.377. The van der Waals surface area contributed by atoms with Crippen LogP contribution in [0, 0.1) is 5.82 Å². The Morgan fingerprint density at radius 2 is 1.76 bits per heavy atom. The average Bonchev–Trinajstić information content (AvgIpc) is 2.67. The van der Waals surface area contributed by atoms with Crippen LogP contribution in [-0.4, -0.2) is 25.7 Å². The monoisotopic (exact) mass is 339 g/mol. The zero-order valence-electron chi connectivity index (χ0n) is 14.1. The van der Waals surface area contributed by atoms with E-state index in [1.54, 1.807) is 12.2 Å². The van der Waals surface area contributed by atoms with Crippen LogP contribution in [0.2, 0.25) is 0 Å². The van der Waals surface area contributed by atoms with Gasteiger partial charge in [0.1, 0.15) is 5.82 Å². The van der Waals surface area contributed by atoms with Gasteiger partial charge >= 0.3 is 0 Å². The van der Waals surface area contributed by atoms with Crippen molar-refractivity contribution in [3.8, 4) is 0 Å². The van der Waals surface area contributed by atoms with Crippen molar-refractivity contribution >= 4 is 12.0 Å². The molecule has 1 fully saturated rings. The van der Waals surface area contributed by atoms with Crippen molar-refractivity contribution in [2.24, 2.45) is 0 Å². The van der Waals surface area contributed by atoms with Gasteiger partial charge in [0.15, 0.2) is 0 Å². The summed E-state index contributed by atoms with van der Waals surface area (Å²) in [4.78, 5) is 12.2. The minimum absolute atomic E-state index is 0.128. The summed E-state index contributed by atoms with van der Waals surface area (Å²) in [5.41, 5.74) is 1.82. The van der Waals surface area contributed by atoms with Gasteiger partial charge < -0.3 is 10.1 Å². The zero-order chi connectivity index (χ0) is 17.5. The van der Waals surface area contributed by atoms with Gasteiger partial charge in [0.05, 0.1) is 0 Å². The van der Waals surface area contributed by atoms with E-state index in [1.807, 2.05) is 42.5 Å². The van der Waals surface area contributed by atoms with E-state index >= 15 is 0 Å².